The third-order valence-electron chi connectivity index (χ3n) is 5.71. The van der Waals surface area contributed by atoms with Crippen molar-refractivity contribution in [2.75, 3.05) is 26.2 Å². The number of sulfonamides is 1. The van der Waals surface area contributed by atoms with E-state index in [1.807, 2.05) is 60.7 Å². The fourth-order valence-electron chi connectivity index (χ4n) is 3.89. The Kier molecular flexibility index (Phi) is 5.61. The van der Waals surface area contributed by atoms with Crippen LogP contribution in [0.2, 0.25) is 0 Å². The summed E-state index contributed by atoms with van der Waals surface area (Å²) in [5, 5.41) is 14.1. The predicted octanol–water partition coefficient (Wildman–Crippen LogP) is 2.03. The fourth-order valence-corrected chi connectivity index (χ4v) is 5.35. The maximum atomic E-state index is 13.1. The fraction of sp³-hybridized carbons (Fsp3) is 0.217. The van der Waals surface area contributed by atoms with Crippen LogP contribution in [0, 0.1) is 0 Å². The summed E-state index contributed by atoms with van der Waals surface area (Å²) in [7, 11) is -3.63. The Bertz CT molecular complexity index is 1400. The number of hydrogen-bond donors (Lipinski definition) is 0. The number of carbonyl (C=O) groups excluding carboxylic acids is 1. The van der Waals surface area contributed by atoms with E-state index >= 15 is 0 Å². The highest BCUT2D eigenvalue weighted by Gasteiger charge is 2.30. The molecule has 10 heteroatoms. The molecule has 0 aliphatic carbocycles. The van der Waals surface area contributed by atoms with Crippen molar-refractivity contribution in [1.29, 1.82) is 0 Å². The molecule has 1 saturated heterocycles. The van der Waals surface area contributed by atoms with Crippen molar-refractivity contribution in [3.05, 3.63) is 72.8 Å². The third kappa shape index (κ3) is 4.35. The number of tetrazole rings is 1. The third-order valence-corrected chi connectivity index (χ3v) is 7.61. The molecule has 1 fully saturated rings. The number of aromatic nitrogens is 4. The summed E-state index contributed by atoms with van der Waals surface area (Å²) in [6.45, 7) is 1.05. The molecule has 1 aromatic heterocycles. The lowest BCUT2D eigenvalue weighted by atomic mass is 10.1. The standard InChI is InChI=1S/C23H22N6O3S/c30-22(17-29-25-23(24-26-29)19-7-2-1-3-8-19)27-12-14-28(15-13-27)33(31,32)21-11-10-18-6-4-5-9-20(18)16-21/h1-11,16H,12-15,17H2. The largest absolute Gasteiger partial charge is 0.338 e. The van der Waals surface area contributed by atoms with Crippen LogP contribution in [-0.2, 0) is 21.4 Å². The lowest BCUT2D eigenvalue weighted by Crippen LogP contribution is -2.51. The molecular weight excluding hydrogens is 440 g/mol. The molecule has 0 N–H and O–H groups in total. The highest BCUT2D eigenvalue weighted by atomic mass is 32.2. The normalized spacial score (nSPS) is 15.1. The second-order valence-electron chi connectivity index (χ2n) is 7.80. The summed E-state index contributed by atoms with van der Waals surface area (Å²) < 4.78 is 27.7. The zero-order valence-electron chi connectivity index (χ0n) is 17.8. The summed E-state index contributed by atoms with van der Waals surface area (Å²) in [5.74, 6) is 0.282. The number of fused-ring (bicyclic) bond motifs is 1. The quantitative estimate of drug-likeness (QED) is 0.450. The first-order valence-corrected chi connectivity index (χ1v) is 12.0. The molecule has 0 bridgehead atoms. The van der Waals surface area contributed by atoms with Crippen molar-refractivity contribution in [2.45, 2.75) is 11.4 Å². The Morgan fingerprint density at radius 1 is 0.848 bits per heavy atom. The van der Waals surface area contributed by atoms with Gasteiger partial charge in [0, 0.05) is 31.7 Å². The molecule has 5 rings (SSSR count). The average molecular weight is 463 g/mol. The van der Waals surface area contributed by atoms with Crippen LogP contribution in [0.1, 0.15) is 0 Å². The topological polar surface area (TPSA) is 101 Å². The van der Waals surface area contributed by atoms with Gasteiger partial charge in [-0.3, -0.25) is 4.79 Å². The molecular formula is C23H22N6O3S. The van der Waals surface area contributed by atoms with E-state index in [2.05, 4.69) is 15.4 Å². The first-order valence-electron chi connectivity index (χ1n) is 10.6. The van der Waals surface area contributed by atoms with E-state index in [1.165, 1.54) is 9.10 Å². The van der Waals surface area contributed by atoms with Gasteiger partial charge in [-0.2, -0.15) is 9.10 Å². The Morgan fingerprint density at radius 3 is 2.30 bits per heavy atom. The van der Waals surface area contributed by atoms with E-state index in [4.69, 9.17) is 0 Å². The minimum absolute atomic E-state index is 0.0444. The van der Waals surface area contributed by atoms with Crippen molar-refractivity contribution in [2.24, 2.45) is 0 Å². The van der Waals surface area contributed by atoms with Crippen molar-refractivity contribution in [3.63, 3.8) is 0 Å². The van der Waals surface area contributed by atoms with Gasteiger partial charge in [0.25, 0.3) is 0 Å². The molecule has 1 aliphatic rings. The summed E-state index contributed by atoms with van der Waals surface area (Å²) in [5.41, 5.74) is 0.823. The van der Waals surface area contributed by atoms with Gasteiger partial charge in [0.1, 0.15) is 6.54 Å². The molecule has 33 heavy (non-hydrogen) atoms. The summed E-state index contributed by atoms with van der Waals surface area (Å²) in [6.07, 6.45) is 0. The van der Waals surface area contributed by atoms with Crippen LogP contribution >= 0.6 is 0 Å². The lowest BCUT2D eigenvalue weighted by molar-refractivity contribution is -0.133. The zero-order valence-corrected chi connectivity index (χ0v) is 18.6. The molecule has 0 atom stereocenters. The molecule has 1 amide bonds. The van der Waals surface area contributed by atoms with Gasteiger partial charge in [-0.25, -0.2) is 8.42 Å². The van der Waals surface area contributed by atoms with Crippen LogP contribution < -0.4 is 0 Å². The van der Waals surface area contributed by atoms with Crippen molar-refractivity contribution < 1.29 is 13.2 Å². The number of rotatable bonds is 5. The van der Waals surface area contributed by atoms with E-state index in [1.54, 1.807) is 17.0 Å². The van der Waals surface area contributed by atoms with E-state index in [0.717, 1.165) is 16.3 Å². The second kappa shape index (κ2) is 8.72. The van der Waals surface area contributed by atoms with Gasteiger partial charge in [-0.15, -0.1) is 10.2 Å². The van der Waals surface area contributed by atoms with Crippen LogP contribution in [0.15, 0.2) is 77.7 Å². The minimum Gasteiger partial charge on any atom is -0.338 e. The highest BCUT2D eigenvalue weighted by molar-refractivity contribution is 7.89. The SMILES string of the molecule is O=C(Cn1nnc(-c2ccccc2)n1)N1CCN(S(=O)(=O)c2ccc3ccccc3c2)CC1. The molecule has 168 valence electrons. The van der Waals surface area contributed by atoms with Crippen LogP contribution in [0.3, 0.4) is 0 Å². The lowest BCUT2D eigenvalue weighted by Gasteiger charge is -2.33. The summed E-state index contributed by atoms with van der Waals surface area (Å²) in [6, 6.07) is 22.2. The van der Waals surface area contributed by atoms with Gasteiger partial charge in [0.05, 0.1) is 4.90 Å². The van der Waals surface area contributed by atoms with Crippen molar-refractivity contribution in [1.82, 2.24) is 29.4 Å². The monoisotopic (exact) mass is 462 g/mol. The number of carbonyl (C=O) groups is 1. The van der Waals surface area contributed by atoms with E-state index < -0.39 is 10.0 Å². The molecule has 4 aromatic rings. The van der Waals surface area contributed by atoms with Crippen LogP contribution in [-0.4, -0.2) is 69.9 Å². The molecule has 1 aliphatic heterocycles. The van der Waals surface area contributed by atoms with Crippen LogP contribution in [0.5, 0.6) is 0 Å². The number of piperazine rings is 1. The summed E-state index contributed by atoms with van der Waals surface area (Å²) >= 11 is 0. The van der Waals surface area contributed by atoms with Crippen LogP contribution in [0.4, 0.5) is 0 Å². The summed E-state index contributed by atoms with van der Waals surface area (Å²) in [4.78, 5) is 15.9. The first-order chi connectivity index (χ1) is 16.0. The first kappa shape index (κ1) is 21.2. The minimum atomic E-state index is -3.63. The van der Waals surface area contributed by atoms with Gasteiger partial charge in [-0.05, 0) is 28.1 Å². The Morgan fingerprint density at radius 2 is 1.55 bits per heavy atom. The molecule has 0 radical (unpaired) electrons. The number of hydrogen-bond acceptors (Lipinski definition) is 6. The Labute approximate surface area is 191 Å². The number of amides is 1. The smallest absolute Gasteiger partial charge is 0.246 e. The van der Waals surface area contributed by atoms with Gasteiger partial charge in [0.2, 0.25) is 21.8 Å². The predicted molar refractivity (Wildman–Crippen MR) is 123 cm³/mol. The molecule has 0 unspecified atom stereocenters. The Balaban J connectivity index is 1.22. The van der Waals surface area contributed by atoms with Gasteiger partial charge >= 0.3 is 0 Å². The maximum Gasteiger partial charge on any atom is 0.246 e. The van der Waals surface area contributed by atoms with E-state index in [9.17, 15) is 13.2 Å². The second-order valence-corrected chi connectivity index (χ2v) is 9.74. The number of benzene rings is 3. The molecule has 2 heterocycles. The van der Waals surface area contributed by atoms with Gasteiger partial charge in [0.15, 0.2) is 0 Å². The molecule has 3 aromatic carbocycles. The van der Waals surface area contributed by atoms with Crippen molar-refractivity contribution in [3.8, 4) is 11.4 Å². The number of nitrogens with zero attached hydrogens (tertiary/aromatic N) is 6. The molecule has 0 saturated carbocycles. The average Bonchev–Trinajstić information content (AvgIpc) is 3.33. The van der Waals surface area contributed by atoms with Gasteiger partial charge < -0.3 is 4.90 Å². The Hall–Kier alpha value is -3.63. The molecule has 0 spiro atoms. The van der Waals surface area contributed by atoms with Crippen LogP contribution in [0.25, 0.3) is 22.2 Å². The highest BCUT2D eigenvalue weighted by Crippen LogP contribution is 2.23. The van der Waals surface area contributed by atoms with Gasteiger partial charge in [-0.1, -0.05) is 60.7 Å². The maximum absolute atomic E-state index is 13.1. The van der Waals surface area contributed by atoms with Crippen molar-refractivity contribution >= 4 is 26.7 Å². The molecule has 9 nitrogen and oxygen atoms in total. The zero-order chi connectivity index (χ0) is 22.8. The van der Waals surface area contributed by atoms with E-state index in [0.29, 0.717) is 18.9 Å². The van der Waals surface area contributed by atoms with E-state index in [-0.39, 0.29) is 30.4 Å².